The third-order valence-electron chi connectivity index (χ3n) is 5.56. The SMILES string of the molecule is CCc1ccc(C2CNCCN2C(=O)c2ccc(N3CCNC3=O)cc2)cc1.Cl. The number of urea groups is 1. The van der Waals surface area contributed by atoms with E-state index in [1.807, 2.05) is 29.2 Å². The lowest BCUT2D eigenvalue weighted by Gasteiger charge is -2.36. The van der Waals surface area contributed by atoms with Gasteiger partial charge in [-0.05, 0) is 41.8 Å². The molecular weight excluding hydrogens is 388 g/mol. The molecule has 0 aliphatic carbocycles. The molecule has 2 aromatic carbocycles. The van der Waals surface area contributed by atoms with Crippen molar-refractivity contribution < 1.29 is 9.59 Å². The first kappa shape index (κ1) is 21.1. The Balaban J connectivity index is 0.00000240. The molecule has 0 saturated carbocycles. The number of anilines is 1. The van der Waals surface area contributed by atoms with Crippen molar-refractivity contribution in [2.24, 2.45) is 0 Å². The van der Waals surface area contributed by atoms with Crippen LogP contribution in [0.3, 0.4) is 0 Å². The summed E-state index contributed by atoms with van der Waals surface area (Å²) < 4.78 is 0. The van der Waals surface area contributed by atoms with E-state index in [-0.39, 0.29) is 30.4 Å². The maximum Gasteiger partial charge on any atom is 0.321 e. The number of piperazine rings is 1. The first-order chi connectivity index (χ1) is 13.7. The van der Waals surface area contributed by atoms with E-state index in [0.29, 0.717) is 25.2 Å². The Kier molecular flexibility index (Phi) is 6.77. The van der Waals surface area contributed by atoms with Crippen LogP contribution in [0.2, 0.25) is 0 Å². The van der Waals surface area contributed by atoms with Gasteiger partial charge in [0.05, 0.1) is 6.04 Å². The molecule has 0 aromatic heterocycles. The highest BCUT2D eigenvalue weighted by Crippen LogP contribution is 2.26. The van der Waals surface area contributed by atoms with Crippen LogP contribution >= 0.6 is 12.4 Å². The number of hydrogen-bond acceptors (Lipinski definition) is 3. The maximum absolute atomic E-state index is 13.2. The van der Waals surface area contributed by atoms with Gasteiger partial charge in [-0.1, -0.05) is 31.2 Å². The third kappa shape index (κ3) is 4.38. The second-order valence-electron chi connectivity index (χ2n) is 7.24. The molecule has 2 aliphatic rings. The number of hydrogen-bond donors (Lipinski definition) is 2. The number of benzene rings is 2. The Labute approximate surface area is 177 Å². The number of amides is 3. The summed E-state index contributed by atoms with van der Waals surface area (Å²) in [5, 5.41) is 6.20. The van der Waals surface area contributed by atoms with Crippen LogP contribution in [0.15, 0.2) is 48.5 Å². The molecule has 29 heavy (non-hydrogen) atoms. The third-order valence-corrected chi connectivity index (χ3v) is 5.56. The van der Waals surface area contributed by atoms with Crippen LogP contribution < -0.4 is 15.5 Å². The quantitative estimate of drug-likeness (QED) is 0.808. The molecule has 0 spiro atoms. The van der Waals surface area contributed by atoms with E-state index >= 15 is 0 Å². The summed E-state index contributed by atoms with van der Waals surface area (Å²) >= 11 is 0. The first-order valence-electron chi connectivity index (χ1n) is 9.93. The zero-order valence-corrected chi connectivity index (χ0v) is 17.4. The fourth-order valence-corrected chi connectivity index (χ4v) is 3.89. The van der Waals surface area contributed by atoms with Crippen LogP contribution in [-0.2, 0) is 6.42 Å². The fraction of sp³-hybridized carbons (Fsp3) is 0.364. The van der Waals surface area contributed by atoms with E-state index in [1.54, 1.807) is 4.90 Å². The summed E-state index contributed by atoms with van der Waals surface area (Å²) in [6.07, 6.45) is 1.01. The number of carbonyl (C=O) groups excluding carboxylic acids is 2. The van der Waals surface area contributed by atoms with Crippen molar-refractivity contribution in [3.63, 3.8) is 0 Å². The number of halogens is 1. The lowest BCUT2D eigenvalue weighted by molar-refractivity contribution is 0.0634. The molecule has 1 atom stereocenters. The molecule has 4 rings (SSSR count). The lowest BCUT2D eigenvalue weighted by atomic mass is 10.00. The maximum atomic E-state index is 13.2. The van der Waals surface area contributed by atoms with Crippen LogP contribution in [0.1, 0.15) is 34.5 Å². The van der Waals surface area contributed by atoms with Crippen LogP contribution in [0, 0.1) is 0 Å². The van der Waals surface area contributed by atoms with Gasteiger partial charge in [-0.3, -0.25) is 9.69 Å². The van der Waals surface area contributed by atoms with Gasteiger partial charge in [0.1, 0.15) is 0 Å². The fourth-order valence-electron chi connectivity index (χ4n) is 3.89. The lowest BCUT2D eigenvalue weighted by Crippen LogP contribution is -2.48. The average Bonchev–Trinajstić information content (AvgIpc) is 3.19. The van der Waals surface area contributed by atoms with E-state index in [4.69, 9.17) is 0 Å². The molecule has 2 heterocycles. The normalized spacial score (nSPS) is 18.9. The number of nitrogens with zero attached hydrogens (tertiary/aromatic N) is 2. The molecule has 0 radical (unpaired) electrons. The van der Waals surface area contributed by atoms with E-state index in [0.717, 1.165) is 30.8 Å². The molecule has 2 fully saturated rings. The van der Waals surface area contributed by atoms with Crippen LogP contribution in [0.5, 0.6) is 0 Å². The number of rotatable bonds is 4. The first-order valence-corrected chi connectivity index (χ1v) is 9.93. The molecule has 1 unspecified atom stereocenters. The molecule has 2 aliphatic heterocycles. The zero-order valence-electron chi connectivity index (χ0n) is 16.6. The van der Waals surface area contributed by atoms with Crippen LogP contribution in [0.25, 0.3) is 0 Å². The van der Waals surface area contributed by atoms with Crippen LogP contribution in [0.4, 0.5) is 10.5 Å². The molecule has 3 amide bonds. The van der Waals surface area contributed by atoms with Crippen molar-refractivity contribution in [1.82, 2.24) is 15.5 Å². The summed E-state index contributed by atoms with van der Waals surface area (Å²) in [6, 6.07) is 15.8. The average molecular weight is 415 g/mol. The van der Waals surface area contributed by atoms with Gasteiger partial charge in [-0.15, -0.1) is 12.4 Å². The molecule has 2 N–H and O–H groups in total. The predicted octanol–water partition coefficient (Wildman–Crippen LogP) is 2.99. The monoisotopic (exact) mass is 414 g/mol. The number of carbonyl (C=O) groups is 2. The molecule has 2 saturated heterocycles. The second-order valence-corrected chi connectivity index (χ2v) is 7.24. The highest BCUT2D eigenvalue weighted by molar-refractivity contribution is 5.97. The molecule has 154 valence electrons. The van der Waals surface area contributed by atoms with Gasteiger partial charge in [0.25, 0.3) is 5.91 Å². The smallest absolute Gasteiger partial charge is 0.321 e. The Morgan fingerprint density at radius 3 is 2.38 bits per heavy atom. The second kappa shape index (κ2) is 9.29. The summed E-state index contributed by atoms with van der Waals surface area (Å²) in [4.78, 5) is 28.7. The van der Waals surface area contributed by atoms with Gasteiger partial charge in [0.15, 0.2) is 0 Å². The standard InChI is InChI=1S/C22H26N4O2.ClH/c1-2-16-3-5-17(6-4-16)20-15-23-11-13-26(20)21(27)18-7-9-19(10-8-18)25-14-12-24-22(25)28;/h3-10,20,23H,2,11-15H2,1H3,(H,24,28);1H. The number of nitrogens with one attached hydrogen (secondary N) is 2. The zero-order chi connectivity index (χ0) is 19.5. The Hall–Kier alpha value is -2.57. The Morgan fingerprint density at radius 2 is 1.76 bits per heavy atom. The van der Waals surface area contributed by atoms with Crippen molar-refractivity contribution in [3.05, 3.63) is 65.2 Å². The van der Waals surface area contributed by atoms with E-state index in [2.05, 4.69) is 41.8 Å². The molecule has 6 nitrogen and oxygen atoms in total. The summed E-state index contributed by atoms with van der Waals surface area (Å²) in [6.45, 7) is 5.67. The van der Waals surface area contributed by atoms with Crippen molar-refractivity contribution in [1.29, 1.82) is 0 Å². The molecule has 2 aromatic rings. The molecule has 7 heteroatoms. The minimum absolute atomic E-state index is 0. The van der Waals surface area contributed by atoms with Crippen molar-refractivity contribution in [3.8, 4) is 0 Å². The summed E-state index contributed by atoms with van der Waals surface area (Å²) in [5.74, 6) is 0.0310. The molecular formula is C22H27ClN4O2. The van der Waals surface area contributed by atoms with Gasteiger partial charge in [-0.2, -0.15) is 0 Å². The van der Waals surface area contributed by atoms with Crippen LogP contribution in [-0.4, -0.2) is 49.6 Å². The van der Waals surface area contributed by atoms with E-state index in [1.165, 1.54) is 5.56 Å². The van der Waals surface area contributed by atoms with Crippen molar-refractivity contribution >= 4 is 30.0 Å². The Bertz CT molecular complexity index is 854. The van der Waals surface area contributed by atoms with Gasteiger partial charge < -0.3 is 15.5 Å². The van der Waals surface area contributed by atoms with Crippen molar-refractivity contribution in [2.45, 2.75) is 19.4 Å². The van der Waals surface area contributed by atoms with Gasteiger partial charge in [-0.25, -0.2) is 4.79 Å². The minimum Gasteiger partial charge on any atom is -0.336 e. The highest BCUT2D eigenvalue weighted by atomic mass is 35.5. The molecule has 0 bridgehead atoms. The van der Waals surface area contributed by atoms with Crippen molar-refractivity contribution in [2.75, 3.05) is 37.6 Å². The Morgan fingerprint density at radius 1 is 1.03 bits per heavy atom. The topological polar surface area (TPSA) is 64.7 Å². The minimum atomic E-state index is -0.0863. The van der Waals surface area contributed by atoms with Gasteiger partial charge >= 0.3 is 6.03 Å². The summed E-state index contributed by atoms with van der Waals surface area (Å²) in [5.41, 5.74) is 3.93. The van der Waals surface area contributed by atoms with E-state index < -0.39 is 0 Å². The number of aryl methyl sites for hydroxylation is 1. The largest absolute Gasteiger partial charge is 0.336 e. The predicted molar refractivity (Wildman–Crippen MR) is 117 cm³/mol. The van der Waals surface area contributed by atoms with E-state index in [9.17, 15) is 9.59 Å². The van der Waals surface area contributed by atoms with Gasteiger partial charge in [0.2, 0.25) is 0 Å². The van der Waals surface area contributed by atoms with Gasteiger partial charge in [0, 0.05) is 44.0 Å². The summed E-state index contributed by atoms with van der Waals surface area (Å²) in [7, 11) is 0. The highest BCUT2D eigenvalue weighted by Gasteiger charge is 2.29.